The standard InChI is InChI=1S/C6H9OPS/c1-8(2)7-6-4-3-5-9-6/h3-5H,1-2H3. The largest absolute Gasteiger partial charge is 0.465 e. The van der Waals surface area contributed by atoms with E-state index in [1.165, 1.54) is 0 Å². The van der Waals surface area contributed by atoms with Gasteiger partial charge in [0, 0.05) is 0 Å². The fourth-order valence-corrected chi connectivity index (χ4v) is 1.98. The van der Waals surface area contributed by atoms with Crippen molar-refractivity contribution < 1.29 is 4.52 Å². The van der Waals surface area contributed by atoms with Gasteiger partial charge in [0.1, 0.15) is 0 Å². The Morgan fingerprint density at radius 1 is 1.56 bits per heavy atom. The highest BCUT2D eigenvalue weighted by Crippen LogP contribution is 2.32. The predicted molar refractivity (Wildman–Crippen MR) is 43.7 cm³/mol. The molecule has 0 atom stereocenters. The molecular weight excluding hydrogens is 151 g/mol. The summed E-state index contributed by atoms with van der Waals surface area (Å²) in [5.74, 6) is 0. The van der Waals surface area contributed by atoms with Crippen LogP contribution in [0.15, 0.2) is 17.5 Å². The fourth-order valence-electron chi connectivity index (χ4n) is 0.495. The maximum Gasteiger partial charge on any atom is 0.177 e. The summed E-state index contributed by atoms with van der Waals surface area (Å²) in [6.07, 6.45) is 0. The second-order valence-corrected chi connectivity index (χ2v) is 4.55. The first-order valence-electron chi connectivity index (χ1n) is 2.68. The Morgan fingerprint density at radius 2 is 2.33 bits per heavy atom. The highest BCUT2D eigenvalue weighted by Gasteiger charge is 1.95. The van der Waals surface area contributed by atoms with Crippen LogP contribution in [0.1, 0.15) is 0 Å². The lowest BCUT2D eigenvalue weighted by Gasteiger charge is -2.04. The molecule has 0 amide bonds. The van der Waals surface area contributed by atoms with Gasteiger partial charge in [-0.15, -0.1) is 11.3 Å². The quantitative estimate of drug-likeness (QED) is 0.604. The molecule has 1 heterocycles. The van der Waals surface area contributed by atoms with E-state index in [4.69, 9.17) is 4.52 Å². The average Bonchev–Trinajstić information content (AvgIpc) is 2.15. The average molecular weight is 160 g/mol. The molecule has 1 aromatic heterocycles. The highest BCUT2D eigenvalue weighted by atomic mass is 32.1. The maximum absolute atomic E-state index is 5.44. The minimum atomic E-state index is -0.241. The maximum atomic E-state index is 5.44. The van der Waals surface area contributed by atoms with Crippen molar-refractivity contribution in [3.8, 4) is 5.06 Å². The number of thiophene rings is 1. The predicted octanol–water partition coefficient (Wildman–Crippen LogP) is 2.78. The Morgan fingerprint density at radius 3 is 2.78 bits per heavy atom. The molecule has 9 heavy (non-hydrogen) atoms. The molecule has 0 saturated heterocycles. The third kappa shape index (κ3) is 2.33. The lowest BCUT2D eigenvalue weighted by atomic mass is 10.7. The summed E-state index contributed by atoms with van der Waals surface area (Å²) in [5.41, 5.74) is 0. The molecular formula is C6H9OPS. The van der Waals surface area contributed by atoms with Crippen LogP contribution in [0, 0.1) is 0 Å². The van der Waals surface area contributed by atoms with Gasteiger partial charge in [-0.05, 0) is 30.8 Å². The van der Waals surface area contributed by atoms with E-state index in [-0.39, 0.29) is 8.15 Å². The zero-order valence-electron chi connectivity index (χ0n) is 5.50. The highest BCUT2D eigenvalue weighted by molar-refractivity contribution is 7.51. The van der Waals surface area contributed by atoms with Crippen LogP contribution in [-0.2, 0) is 0 Å². The molecule has 0 bridgehead atoms. The molecule has 1 nitrogen and oxygen atoms in total. The molecule has 0 aromatic carbocycles. The van der Waals surface area contributed by atoms with Gasteiger partial charge in [-0.2, -0.15) is 0 Å². The minimum Gasteiger partial charge on any atom is -0.465 e. The van der Waals surface area contributed by atoms with Gasteiger partial charge in [0.15, 0.2) is 5.06 Å². The molecule has 0 radical (unpaired) electrons. The lowest BCUT2D eigenvalue weighted by Crippen LogP contribution is -1.77. The van der Waals surface area contributed by atoms with E-state index in [1.807, 2.05) is 17.5 Å². The Hall–Kier alpha value is -0.0700. The van der Waals surface area contributed by atoms with Gasteiger partial charge < -0.3 is 4.52 Å². The molecule has 0 fully saturated rings. The number of hydrogen-bond acceptors (Lipinski definition) is 2. The van der Waals surface area contributed by atoms with Crippen LogP contribution in [0.2, 0.25) is 0 Å². The number of hydrogen-bond donors (Lipinski definition) is 0. The summed E-state index contributed by atoms with van der Waals surface area (Å²) in [4.78, 5) is 0. The van der Waals surface area contributed by atoms with Gasteiger partial charge in [0.05, 0.1) is 8.15 Å². The zero-order valence-corrected chi connectivity index (χ0v) is 7.21. The van der Waals surface area contributed by atoms with Crippen molar-refractivity contribution in [3.05, 3.63) is 17.5 Å². The van der Waals surface area contributed by atoms with E-state index in [0.29, 0.717) is 0 Å². The summed E-state index contributed by atoms with van der Waals surface area (Å²) in [7, 11) is -0.241. The van der Waals surface area contributed by atoms with Crippen LogP contribution < -0.4 is 4.52 Å². The van der Waals surface area contributed by atoms with Crippen LogP contribution in [0.25, 0.3) is 0 Å². The van der Waals surface area contributed by atoms with Crippen molar-refractivity contribution in [2.45, 2.75) is 0 Å². The van der Waals surface area contributed by atoms with E-state index in [0.717, 1.165) is 5.06 Å². The smallest absolute Gasteiger partial charge is 0.177 e. The van der Waals surface area contributed by atoms with Gasteiger partial charge in [-0.1, -0.05) is 0 Å². The summed E-state index contributed by atoms with van der Waals surface area (Å²) < 4.78 is 5.44. The Labute approximate surface area is 60.5 Å². The number of rotatable bonds is 2. The van der Waals surface area contributed by atoms with Crippen LogP contribution in [0.3, 0.4) is 0 Å². The van der Waals surface area contributed by atoms with E-state index in [9.17, 15) is 0 Å². The fraction of sp³-hybridized carbons (Fsp3) is 0.333. The summed E-state index contributed by atoms with van der Waals surface area (Å²) >= 11 is 1.65. The van der Waals surface area contributed by atoms with Crippen molar-refractivity contribution in [1.82, 2.24) is 0 Å². The van der Waals surface area contributed by atoms with Crippen molar-refractivity contribution in [2.24, 2.45) is 0 Å². The molecule has 0 N–H and O–H groups in total. The van der Waals surface area contributed by atoms with Gasteiger partial charge in [-0.25, -0.2) is 0 Å². The first-order chi connectivity index (χ1) is 4.29. The third-order valence-corrected chi connectivity index (χ3v) is 2.20. The van der Waals surface area contributed by atoms with Gasteiger partial charge in [0.2, 0.25) is 0 Å². The van der Waals surface area contributed by atoms with Gasteiger partial charge in [-0.3, -0.25) is 0 Å². The molecule has 0 aliphatic carbocycles. The minimum absolute atomic E-state index is 0.241. The first kappa shape index (κ1) is 7.04. The van der Waals surface area contributed by atoms with Crippen molar-refractivity contribution in [3.63, 3.8) is 0 Å². The monoisotopic (exact) mass is 160 g/mol. The van der Waals surface area contributed by atoms with Crippen molar-refractivity contribution in [1.29, 1.82) is 0 Å². The summed E-state index contributed by atoms with van der Waals surface area (Å²) in [5, 5.41) is 3.06. The molecule has 50 valence electrons. The molecule has 3 heteroatoms. The van der Waals surface area contributed by atoms with Crippen molar-refractivity contribution >= 4 is 19.5 Å². The third-order valence-electron chi connectivity index (χ3n) is 0.768. The molecule has 0 unspecified atom stereocenters. The summed E-state index contributed by atoms with van der Waals surface area (Å²) in [6.45, 7) is 4.18. The lowest BCUT2D eigenvalue weighted by molar-refractivity contribution is 0.642. The van der Waals surface area contributed by atoms with Gasteiger partial charge in [0.25, 0.3) is 0 Å². The Bertz CT molecular complexity index is 160. The normalized spacial score (nSPS) is 10.1. The second kappa shape index (κ2) is 3.19. The topological polar surface area (TPSA) is 9.23 Å². The second-order valence-electron chi connectivity index (χ2n) is 1.84. The van der Waals surface area contributed by atoms with E-state index in [2.05, 4.69) is 13.3 Å². The summed E-state index contributed by atoms with van der Waals surface area (Å²) in [6, 6.07) is 3.99. The molecule has 0 aliphatic heterocycles. The molecule has 0 aliphatic rings. The van der Waals surface area contributed by atoms with Crippen molar-refractivity contribution in [2.75, 3.05) is 13.3 Å². The molecule has 1 rings (SSSR count). The molecule has 0 spiro atoms. The zero-order chi connectivity index (χ0) is 6.69. The van der Waals surface area contributed by atoms with Gasteiger partial charge >= 0.3 is 0 Å². The molecule has 1 aromatic rings. The van der Waals surface area contributed by atoms with E-state index < -0.39 is 0 Å². The Kier molecular flexibility index (Phi) is 2.49. The SMILES string of the molecule is CP(C)Oc1cccs1. The first-order valence-corrected chi connectivity index (χ1v) is 5.71. The van der Waals surface area contributed by atoms with Crippen LogP contribution in [0.4, 0.5) is 0 Å². The van der Waals surface area contributed by atoms with Crippen LogP contribution >= 0.6 is 19.5 Å². The van der Waals surface area contributed by atoms with Crippen LogP contribution in [-0.4, -0.2) is 13.3 Å². The molecule has 0 saturated carbocycles. The van der Waals surface area contributed by atoms with Crippen LogP contribution in [0.5, 0.6) is 5.06 Å². The Balaban J connectivity index is 2.48. The van der Waals surface area contributed by atoms with E-state index in [1.54, 1.807) is 11.3 Å². The van der Waals surface area contributed by atoms with E-state index >= 15 is 0 Å².